The molecule has 0 saturated carbocycles. The Kier molecular flexibility index (Phi) is 4.57. The molecule has 5 heteroatoms. The standard InChI is InChI=1S/C12H13N3O.BrH/c1-9-10(2)15(8-14-9)7-12(16)11-5-3-4-6-13-11;/h3-6,8H,7H2,1-2H3;1H. The smallest absolute Gasteiger partial charge is 0.200 e. The summed E-state index contributed by atoms with van der Waals surface area (Å²) in [6, 6.07) is 5.33. The first kappa shape index (κ1) is 13.6. The number of aryl methyl sites for hydroxylation is 1. The number of Topliss-reactive ketones (excluding diaryl/α,β-unsaturated/α-hetero) is 1. The van der Waals surface area contributed by atoms with Gasteiger partial charge in [-0.2, -0.15) is 0 Å². The van der Waals surface area contributed by atoms with Crippen LogP contribution in [0.2, 0.25) is 0 Å². The van der Waals surface area contributed by atoms with Gasteiger partial charge in [-0.05, 0) is 26.0 Å². The number of hydrogen-bond acceptors (Lipinski definition) is 3. The maximum absolute atomic E-state index is 11.9. The largest absolute Gasteiger partial charge is 0.327 e. The van der Waals surface area contributed by atoms with Crippen LogP contribution < -0.4 is 0 Å². The fourth-order valence-electron chi connectivity index (χ4n) is 1.47. The van der Waals surface area contributed by atoms with E-state index in [4.69, 9.17) is 0 Å². The number of halogens is 1. The number of hydrogen-bond donors (Lipinski definition) is 0. The highest BCUT2D eigenvalue weighted by molar-refractivity contribution is 8.93. The second kappa shape index (κ2) is 5.72. The van der Waals surface area contributed by atoms with Crippen LogP contribution in [-0.4, -0.2) is 20.3 Å². The highest BCUT2D eigenvalue weighted by Gasteiger charge is 2.09. The molecule has 0 spiro atoms. The first-order valence-electron chi connectivity index (χ1n) is 5.11. The molecule has 2 aromatic rings. The molecule has 0 saturated heterocycles. The lowest BCUT2D eigenvalue weighted by Gasteiger charge is -2.03. The summed E-state index contributed by atoms with van der Waals surface area (Å²) in [7, 11) is 0. The Hall–Kier alpha value is -1.49. The third-order valence-corrected chi connectivity index (χ3v) is 2.61. The summed E-state index contributed by atoms with van der Waals surface area (Å²) in [4.78, 5) is 20.0. The van der Waals surface area contributed by atoms with Gasteiger partial charge < -0.3 is 4.57 Å². The summed E-state index contributed by atoms with van der Waals surface area (Å²) in [5, 5.41) is 0. The molecule has 2 aromatic heterocycles. The van der Waals surface area contributed by atoms with Crippen LogP contribution in [0.3, 0.4) is 0 Å². The normalized spacial score (nSPS) is 9.76. The molecule has 0 aliphatic heterocycles. The molecule has 4 nitrogen and oxygen atoms in total. The van der Waals surface area contributed by atoms with Crippen LogP contribution >= 0.6 is 17.0 Å². The lowest BCUT2D eigenvalue weighted by molar-refractivity contribution is 0.0966. The number of rotatable bonds is 3. The molecule has 90 valence electrons. The molecule has 0 amide bonds. The highest BCUT2D eigenvalue weighted by Crippen LogP contribution is 2.06. The summed E-state index contributed by atoms with van der Waals surface area (Å²) in [5.41, 5.74) is 2.46. The van der Waals surface area contributed by atoms with Crippen LogP contribution in [0.1, 0.15) is 21.9 Å². The van der Waals surface area contributed by atoms with Gasteiger partial charge in [0.05, 0.1) is 18.6 Å². The van der Waals surface area contributed by atoms with E-state index in [2.05, 4.69) is 9.97 Å². The first-order chi connectivity index (χ1) is 7.68. The van der Waals surface area contributed by atoms with Gasteiger partial charge in [-0.25, -0.2) is 4.98 Å². The SMILES string of the molecule is Br.Cc1ncn(CC(=O)c2ccccn2)c1C. The second-order valence-corrected chi connectivity index (χ2v) is 3.68. The molecule has 2 rings (SSSR count). The maximum Gasteiger partial charge on any atom is 0.200 e. The van der Waals surface area contributed by atoms with E-state index in [1.54, 1.807) is 24.7 Å². The van der Waals surface area contributed by atoms with Gasteiger partial charge in [0.1, 0.15) is 5.69 Å². The van der Waals surface area contributed by atoms with Gasteiger partial charge in [0.2, 0.25) is 5.78 Å². The van der Waals surface area contributed by atoms with Gasteiger partial charge in [0.15, 0.2) is 0 Å². The van der Waals surface area contributed by atoms with Crippen molar-refractivity contribution in [1.82, 2.24) is 14.5 Å². The summed E-state index contributed by atoms with van der Waals surface area (Å²) in [5.74, 6) is 0.00102. The van der Waals surface area contributed by atoms with Gasteiger partial charge >= 0.3 is 0 Å². The van der Waals surface area contributed by atoms with E-state index < -0.39 is 0 Å². The molecule has 17 heavy (non-hydrogen) atoms. The van der Waals surface area contributed by atoms with Crippen LogP contribution in [0.5, 0.6) is 0 Å². The Bertz CT molecular complexity index is 508. The fraction of sp³-hybridized carbons (Fsp3) is 0.250. The van der Waals surface area contributed by atoms with E-state index in [0.29, 0.717) is 12.2 Å². The minimum Gasteiger partial charge on any atom is -0.327 e. The van der Waals surface area contributed by atoms with E-state index >= 15 is 0 Å². The van der Waals surface area contributed by atoms with Crippen LogP contribution in [0.25, 0.3) is 0 Å². The minimum atomic E-state index is 0. The van der Waals surface area contributed by atoms with Crippen molar-refractivity contribution in [2.45, 2.75) is 20.4 Å². The van der Waals surface area contributed by atoms with E-state index in [0.717, 1.165) is 11.4 Å². The number of carbonyl (C=O) groups is 1. The Labute approximate surface area is 110 Å². The Balaban J connectivity index is 0.00000144. The molecule has 0 bridgehead atoms. The van der Waals surface area contributed by atoms with E-state index in [-0.39, 0.29) is 22.8 Å². The molecular formula is C12H14BrN3O. The molecule has 0 N–H and O–H groups in total. The zero-order chi connectivity index (χ0) is 11.5. The minimum absolute atomic E-state index is 0. The van der Waals surface area contributed by atoms with Crippen molar-refractivity contribution in [2.24, 2.45) is 0 Å². The van der Waals surface area contributed by atoms with Crippen LogP contribution in [0.15, 0.2) is 30.7 Å². The fourth-order valence-corrected chi connectivity index (χ4v) is 1.47. The third-order valence-electron chi connectivity index (χ3n) is 2.61. The van der Waals surface area contributed by atoms with Crippen molar-refractivity contribution in [2.75, 3.05) is 0 Å². The van der Waals surface area contributed by atoms with E-state index in [9.17, 15) is 4.79 Å². The number of imidazole rings is 1. The average Bonchev–Trinajstić information content (AvgIpc) is 2.62. The van der Waals surface area contributed by atoms with Crippen molar-refractivity contribution >= 4 is 22.8 Å². The molecule has 0 fully saturated rings. The maximum atomic E-state index is 11.9. The van der Waals surface area contributed by atoms with Gasteiger partial charge in [-0.1, -0.05) is 6.07 Å². The van der Waals surface area contributed by atoms with Gasteiger partial charge in [0, 0.05) is 11.9 Å². The van der Waals surface area contributed by atoms with Crippen molar-refractivity contribution in [3.05, 3.63) is 47.8 Å². The quantitative estimate of drug-likeness (QED) is 0.817. The molecule has 0 radical (unpaired) electrons. The number of aromatic nitrogens is 3. The van der Waals surface area contributed by atoms with Crippen molar-refractivity contribution < 1.29 is 4.79 Å². The monoisotopic (exact) mass is 295 g/mol. The van der Waals surface area contributed by atoms with Gasteiger partial charge in [-0.3, -0.25) is 9.78 Å². The second-order valence-electron chi connectivity index (χ2n) is 3.68. The summed E-state index contributed by atoms with van der Waals surface area (Å²) < 4.78 is 1.84. The van der Waals surface area contributed by atoms with E-state index in [1.165, 1.54) is 0 Å². The van der Waals surface area contributed by atoms with Crippen molar-refractivity contribution in [3.63, 3.8) is 0 Å². The first-order valence-corrected chi connectivity index (χ1v) is 5.11. The molecule has 0 aliphatic rings. The number of pyridine rings is 1. The Morgan fingerprint density at radius 1 is 1.29 bits per heavy atom. The molecule has 0 aliphatic carbocycles. The Morgan fingerprint density at radius 3 is 2.59 bits per heavy atom. The summed E-state index contributed by atoms with van der Waals surface area (Å²) >= 11 is 0. The lowest BCUT2D eigenvalue weighted by atomic mass is 10.2. The zero-order valence-corrected chi connectivity index (χ0v) is 11.5. The van der Waals surface area contributed by atoms with Gasteiger partial charge in [-0.15, -0.1) is 17.0 Å². The molecule has 0 aromatic carbocycles. The third kappa shape index (κ3) is 3.00. The zero-order valence-electron chi connectivity index (χ0n) is 9.75. The predicted molar refractivity (Wildman–Crippen MR) is 70.6 cm³/mol. The van der Waals surface area contributed by atoms with Crippen LogP contribution in [0.4, 0.5) is 0 Å². The van der Waals surface area contributed by atoms with Gasteiger partial charge in [0.25, 0.3) is 0 Å². The van der Waals surface area contributed by atoms with Crippen LogP contribution in [-0.2, 0) is 6.54 Å². The molecular weight excluding hydrogens is 282 g/mol. The molecule has 2 heterocycles. The van der Waals surface area contributed by atoms with Crippen molar-refractivity contribution in [1.29, 1.82) is 0 Å². The predicted octanol–water partition coefficient (Wildman–Crippen LogP) is 2.36. The lowest BCUT2D eigenvalue weighted by Crippen LogP contribution is -2.12. The van der Waals surface area contributed by atoms with Crippen molar-refractivity contribution in [3.8, 4) is 0 Å². The molecule has 0 unspecified atom stereocenters. The average molecular weight is 296 g/mol. The number of carbonyl (C=O) groups excluding carboxylic acids is 1. The summed E-state index contributed by atoms with van der Waals surface area (Å²) in [6.07, 6.45) is 3.31. The number of ketones is 1. The topological polar surface area (TPSA) is 47.8 Å². The van der Waals surface area contributed by atoms with E-state index in [1.807, 2.05) is 24.5 Å². The number of nitrogens with zero attached hydrogens (tertiary/aromatic N) is 3. The Morgan fingerprint density at radius 2 is 2.06 bits per heavy atom. The molecule has 0 atom stereocenters. The highest BCUT2D eigenvalue weighted by atomic mass is 79.9. The van der Waals surface area contributed by atoms with Crippen LogP contribution in [0, 0.1) is 13.8 Å². The summed E-state index contributed by atoms with van der Waals surface area (Å²) in [6.45, 7) is 4.18.